The van der Waals surface area contributed by atoms with Crippen LogP contribution < -0.4 is 0 Å². The average molecular weight is 165 g/mol. The minimum atomic E-state index is 0.686. The van der Waals surface area contributed by atoms with Crippen molar-refractivity contribution in [3.63, 3.8) is 0 Å². The number of rotatable bonds is 2. The van der Waals surface area contributed by atoms with Gasteiger partial charge >= 0.3 is 0 Å². The van der Waals surface area contributed by atoms with Crippen LogP contribution in [-0.4, -0.2) is 24.0 Å². The molecule has 1 aliphatic heterocycles. The topological polar surface area (TPSA) is 3.24 Å². The Morgan fingerprint density at radius 1 is 1.58 bits per heavy atom. The number of piperidine rings is 1. The zero-order valence-electron chi connectivity index (χ0n) is 8.21. The molecular formula is C11H19N. The van der Waals surface area contributed by atoms with Crippen LogP contribution in [0.15, 0.2) is 0 Å². The Bertz CT molecular complexity index is 166. The summed E-state index contributed by atoms with van der Waals surface area (Å²) in [7, 11) is 0. The molecule has 0 aromatic carbocycles. The highest BCUT2D eigenvalue weighted by molar-refractivity contribution is 4.89. The molecule has 1 nitrogen and oxygen atoms in total. The Morgan fingerprint density at radius 3 is 2.92 bits per heavy atom. The molecule has 0 spiro atoms. The third kappa shape index (κ3) is 2.53. The lowest BCUT2D eigenvalue weighted by Crippen LogP contribution is -2.39. The second-order valence-electron chi connectivity index (χ2n) is 4.01. The van der Waals surface area contributed by atoms with Gasteiger partial charge in [-0.1, -0.05) is 0 Å². The van der Waals surface area contributed by atoms with E-state index in [0.29, 0.717) is 6.04 Å². The van der Waals surface area contributed by atoms with Crippen molar-refractivity contribution in [2.75, 3.05) is 13.1 Å². The molecule has 1 aliphatic rings. The van der Waals surface area contributed by atoms with E-state index in [1.54, 1.807) is 0 Å². The molecule has 1 atom stereocenters. The lowest BCUT2D eigenvalue weighted by atomic mass is 9.94. The summed E-state index contributed by atoms with van der Waals surface area (Å²) in [6.07, 6.45) is 8.92. The van der Waals surface area contributed by atoms with Crippen LogP contribution in [0.4, 0.5) is 0 Å². The van der Waals surface area contributed by atoms with Crippen molar-refractivity contribution in [2.45, 2.75) is 39.2 Å². The number of hydrogen-bond donors (Lipinski definition) is 0. The van der Waals surface area contributed by atoms with Crippen molar-refractivity contribution in [2.24, 2.45) is 5.92 Å². The molecule has 1 heterocycles. The molecule has 0 amide bonds. The van der Waals surface area contributed by atoms with Gasteiger partial charge in [0.1, 0.15) is 0 Å². The van der Waals surface area contributed by atoms with Gasteiger partial charge in [-0.2, -0.15) is 0 Å². The van der Waals surface area contributed by atoms with Crippen LogP contribution in [-0.2, 0) is 0 Å². The van der Waals surface area contributed by atoms with E-state index >= 15 is 0 Å². The molecule has 0 radical (unpaired) electrons. The molecule has 68 valence electrons. The van der Waals surface area contributed by atoms with Crippen molar-refractivity contribution in [3.8, 4) is 12.3 Å². The third-order valence-corrected chi connectivity index (χ3v) is 2.69. The van der Waals surface area contributed by atoms with Crippen LogP contribution in [0, 0.1) is 18.3 Å². The zero-order valence-corrected chi connectivity index (χ0v) is 8.21. The van der Waals surface area contributed by atoms with Crippen molar-refractivity contribution >= 4 is 0 Å². The van der Waals surface area contributed by atoms with Crippen LogP contribution in [0.3, 0.4) is 0 Å². The lowest BCUT2D eigenvalue weighted by molar-refractivity contribution is 0.142. The monoisotopic (exact) mass is 165 g/mol. The van der Waals surface area contributed by atoms with E-state index in [9.17, 15) is 0 Å². The Balaban J connectivity index is 2.36. The maximum absolute atomic E-state index is 5.31. The predicted octanol–water partition coefficient (Wildman–Crippen LogP) is 2.13. The molecule has 0 N–H and O–H groups in total. The smallest absolute Gasteiger partial charge is 0.0127 e. The first-order valence-electron chi connectivity index (χ1n) is 4.91. The molecule has 1 rings (SSSR count). The molecule has 1 unspecified atom stereocenters. The third-order valence-electron chi connectivity index (χ3n) is 2.69. The van der Waals surface area contributed by atoms with Gasteiger partial charge in [-0.15, -0.1) is 12.3 Å². The van der Waals surface area contributed by atoms with Crippen LogP contribution >= 0.6 is 0 Å². The van der Waals surface area contributed by atoms with E-state index in [1.165, 1.54) is 25.9 Å². The highest BCUT2D eigenvalue weighted by atomic mass is 15.1. The summed E-state index contributed by atoms with van der Waals surface area (Å²) in [5.74, 6) is 3.53. The normalized spacial score (nSPS) is 25.7. The Hall–Kier alpha value is -0.480. The second-order valence-corrected chi connectivity index (χ2v) is 4.01. The van der Waals surface area contributed by atoms with E-state index in [2.05, 4.69) is 24.7 Å². The summed E-state index contributed by atoms with van der Waals surface area (Å²) in [4.78, 5) is 2.53. The molecule has 0 aliphatic carbocycles. The van der Waals surface area contributed by atoms with Crippen LogP contribution in [0.25, 0.3) is 0 Å². The van der Waals surface area contributed by atoms with Crippen molar-refractivity contribution in [1.29, 1.82) is 0 Å². The molecule has 12 heavy (non-hydrogen) atoms. The van der Waals surface area contributed by atoms with Gasteiger partial charge in [-0.25, -0.2) is 0 Å². The first kappa shape index (κ1) is 9.61. The van der Waals surface area contributed by atoms with E-state index in [-0.39, 0.29) is 0 Å². The van der Waals surface area contributed by atoms with Gasteiger partial charge in [0, 0.05) is 19.0 Å². The quantitative estimate of drug-likeness (QED) is 0.567. The fourth-order valence-corrected chi connectivity index (χ4v) is 1.90. The Labute approximate surface area is 76.1 Å². The maximum Gasteiger partial charge on any atom is 0.0127 e. The van der Waals surface area contributed by atoms with E-state index in [1.807, 2.05) is 0 Å². The van der Waals surface area contributed by atoms with Crippen LogP contribution in [0.5, 0.6) is 0 Å². The Kier molecular flexibility index (Phi) is 3.62. The summed E-state index contributed by atoms with van der Waals surface area (Å²) in [5.41, 5.74) is 0. The van der Waals surface area contributed by atoms with Gasteiger partial charge in [0.25, 0.3) is 0 Å². The highest BCUT2D eigenvalue weighted by Gasteiger charge is 2.20. The summed E-state index contributed by atoms with van der Waals surface area (Å²) in [6, 6.07) is 0.686. The van der Waals surface area contributed by atoms with Crippen molar-refractivity contribution in [3.05, 3.63) is 0 Å². The average Bonchev–Trinajstić information content (AvgIpc) is 2.05. The second kappa shape index (κ2) is 4.52. The van der Waals surface area contributed by atoms with Gasteiger partial charge in [0.2, 0.25) is 0 Å². The molecule has 0 aromatic rings. The maximum atomic E-state index is 5.31. The summed E-state index contributed by atoms with van der Waals surface area (Å²) < 4.78 is 0. The fraction of sp³-hybridized carbons (Fsp3) is 0.818. The number of nitrogens with zero attached hydrogens (tertiary/aromatic N) is 1. The standard InChI is InChI=1S/C11H19N/c1-4-6-11-7-5-8-12(9-11)10(2)3/h1,10-11H,5-9H2,2-3H3. The fourth-order valence-electron chi connectivity index (χ4n) is 1.90. The van der Waals surface area contributed by atoms with E-state index < -0.39 is 0 Å². The minimum Gasteiger partial charge on any atom is -0.301 e. The molecule has 0 saturated carbocycles. The number of terminal acetylenes is 1. The molecular weight excluding hydrogens is 146 g/mol. The highest BCUT2D eigenvalue weighted by Crippen LogP contribution is 2.20. The van der Waals surface area contributed by atoms with Gasteiger partial charge in [0.15, 0.2) is 0 Å². The van der Waals surface area contributed by atoms with E-state index in [4.69, 9.17) is 6.42 Å². The van der Waals surface area contributed by atoms with Crippen molar-refractivity contribution in [1.82, 2.24) is 4.90 Å². The number of likely N-dealkylation sites (tertiary alicyclic amines) is 1. The largest absolute Gasteiger partial charge is 0.301 e. The first-order chi connectivity index (χ1) is 5.74. The lowest BCUT2D eigenvalue weighted by Gasteiger charge is -2.34. The van der Waals surface area contributed by atoms with Gasteiger partial charge in [-0.3, -0.25) is 0 Å². The Morgan fingerprint density at radius 2 is 2.33 bits per heavy atom. The van der Waals surface area contributed by atoms with E-state index in [0.717, 1.165) is 12.3 Å². The van der Waals surface area contributed by atoms with Gasteiger partial charge in [-0.05, 0) is 39.2 Å². The number of hydrogen-bond acceptors (Lipinski definition) is 1. The molecule has 1 heteroatoms. The van der Waals surface area contributed by atoms with Crippen LogP contribution in [0.1, 0.15) is 33.1 Å². The first-order valence-corrected chi connectivity index (χ1v) is 4.91. The van der Waals surface area contributed by atoms with Gasteiger partial charge in [0.05, 0.1) is 0 Å². The molecule has 0 bridgehead atoms. The summed E-state index contributed by atoms with van der Waals surface area (Å²) in [5, 5.41) is 0. The molecule has 1 fully saturated rings. The van der Waals surface area contributed by atoms with Crippen LogP contribution in [0.2, 0.25) is 0 Å². The predicted molar refractivity (Wildman–Crippen MR) is 52.9 cm³/mol. The van der Waals surface area contributed by atoms with Crippen molar-refractivity contribution < 1.29 is 0 Å². The summed E-state index contributed by atoms with van der Waals surface area (Å²) in [6.45, 7) is 7.00. The molecule has 1 saturated heterocycles. The van der Waals surface area contributed by atoms with Gasteiger partial charge < -0.3 is 4.90 Å². The summed E-state index contributed by atoms with van der Waals surface area (Å²) >= 11 is 0. The zero-order chi connectivity index (χ0) is 8.97. The SMILES string of the molecule is C#CCC1CCCN(C(C)C)C1. The molecule has 0 aromatic heterocycles. The minimum absolute atomic E-state index is 0.686.